The van der Waals surface area contributed by atoms with Crippen molar-refractivity contribution in [2.75, 3.05) is 37.6 Å². The molecule has 2 amide bonds. The molecule has 3 aromatic rings. The van der Waals surface area contributed by atoms with E-state index in [4.69, 9.17) is 0 Å². The van der Waals surface area contributed by atoms with Crippen LogP contribution in [-0.4, -0.2) is 53.3 Å². The largest absolute Gasteiger partial charge is 0.366 e. The lowest BCUT2D eigenvalue weighted by molar-refractivity contribution is 0.195. The molecule has 1 saturated heterocycles. The number of urea groups is 1. The van der Waals surface area contributed by atoms with Crippen molar-refractivity contribution in [2.24, 2.45) is 0 Å². The van der Waals surface area contributed by atoms with Crippen molar-refractivity contribution in [2.45, 2.75) is 6.92 Å². The molecule has 0 spiro atoms. The highest BCUT2D eigenvalue weighted by Crippen LogP contribution is 2.28. The summed E-state index contributed by atoms with van der Waals surface area (Å²) < 4.78 is 1.94. The minimum atomic E-state index is 0.0288. The highest BCUT2D eigenvalue weighted by Gasteiger charge is 2.22. The van der Waals surface area contributed by atoms with E-state index in [9.17, 15) is 4.79 Å². The van der Waals surface area contributed by atoms with E-state index in [0.717, 1.165) is 42.9 Å². The van der Waals surface area contributed by atoms with Crippen LogP contribution in [0.4, 0.5) is 10.5 Å². The number of fused-ring (bicyclic) bond motifs is 1. The first-order chi connectivity index (χ1) is 12.8. The van der Waals surface area contributed by atoms with Gasteiger partial charge in [-0.3, -0.25) is 0 Å². The minimum Gasteiger partial charge on any atom is -0.366 e. The summed E-state index contributed by atoms with van der Waals surface area (Å²) in [5.74, 6) is 0. The summed E-state index contributed by atoms with van der Waals surface area (Å²) in [6.45, 7) is 5.71. The summed E-state index contributed by atoms with van der Waals surface area (Å²) in [7, 11) is 0. The predicted octanol–water partition coefficient (Wildman–Crippen LogP) is 2.85. The van der Waals surface area contributed by atoms with Gasteiger partial charge in [0.25, 0.3) is 0 Å². The lowest BCUT2D eigenvalue weighted by Crippen LogP contribution is -2.51. The monoisotopic (exact) mass is 349 g/mol. The van der Waals surface area contributed by atoms with E-state index >= 15 is 0 Å². The van der Waals surface area contributed by atoms with Crippen molar-refractivity contribution < 1.29 is 4.79 Å². The number of nitrogens with one attached hydrogen (secondary N) is 1. The summed E-state index contributed by atoms with van der Waals surface area (Å²) in [6.07, 6.45) is 3.91. The maximum absolute atomic E-state index is 12.0. The second kappa shape index (κ2) is 7.07. The van der Waals surface area contributed by atoms with Gasteiger partial charge >= 0.3 is 6.03 Å². The van der Waals surface area contributed by atoms with E-state index < -0.39 is 0 Å². The zero-order valence-electron chi connectivity index (χ0n) is 14.9. The van der Waals surface area contributed by atoms with Gasteiger partial charge in [-0.05, 0) is 24.6 Å². The fourth-order valence-corrected chi connectivity index (χ4v) is 3.47. The van der Waals surface area contributed by atoms with Crippen molar-refractivity contribution in [3.63, 3.8) is 0 Å². The van der Waals surface area contributed by atoms with Crippen LogP contribution in [0.2, 0.25) is 0 Å². The molecule has 2 aromatic heterocycles. The highest BCUT2D eigenvalue weighted by atomic mass is 16.2. The van der Waals surface area contributed by atoms with Gasteiger partial charge in [0, 0.05) is 50.7 Å². The Kier molecular flexibility index (Phi) is 4.48. The predicted molar refractivity (Wildman–Crippen MR) is 103 cm³/mol. The fourth-order valence-electron chi connectivity index (χ4n) is 3.47. The molecule has 1 aliphatic rings. The van der Waals surface area contributed by atoms with Gasteiger partial charge in [0.2, 0.25) is 0 Å². The van der Waals surface area contributed by atoms with Gasteiger partial charge in [-0.2, -0.15) is 5.10 Å². The van der Waals surface area contributed by atoms with Gasteiger partial charge in [0.1, 0.15) is 0 Å². The van der Waals surface area contributed by atoms with Gasteiger partial charge in [-0.1, -0.05) is 30.3 Å². The standard InChI is InChI=1S/C20H23N5O/c1-2-21-20(26)24-12-10-23(11-13-24)18-8-9-22-25-15-17(14-19(18)25)16-6-4-3-5-7-16/h3-9,14-15H,2,10-13H2,1H3,(H,21,26). The maximum Gasteiger partial charge on any atom is 0.317 e. The van der Waals surface area contributed by atoms with Crippen LogP contribution in [0.5, 0.6) is 0 Å². The molecule has 0 radical (unpaired) electrons. The number of piperazine rings is 1. The van der Waals surface area contributed by atoms with Gasteiger partial charge in [-0.25, -0.2) is 9.31 Å². The molecule has 6 heteroatoms. The average Bonchev–Trinajstić information content (AvgIpc) is 3.13. The Morgan fingerprint density at radius 2 is 1.85 bits per heavy atom. The first-order valence-electron chi connectivity index (χ1n) is 9.07. The zero-order valence-corrected chi connectivity index (χ0v) is 14.9. The minimum absolute atomic E-state index is 0.0288. The molecule has 0 aliphatic carbocycles. The first kappa shape index (κ1) is 16.4. The van der Waals surface area contributed by atoms with E-state index in [1.165, 1.54) is 5.56 Å². The Bertz CT molecular complexity index is 897. The molecule has 1 aromatic carbocycles. The van der Waals surface area contributed by atoms with Crippen LogP contribution in [-0.2, 0) is 0 Å². The molecule has 6 nitrogen and oxygen atoms in total. The van der Waals surface area contributed by atoms with Crippen LogP contribution in [0.3, 0.4) is 0 Å². The number of nitrogens with zero attached hydrogens (tertiary/aromatic N) is 4. The van der Waals surface area contributed by atoms with Crippen LogP contribution in [0, 0.1) is 0 Å². The van der Waals surface area contributed by atoms with Gasteiger partial charge < -0.3 is 15.1 Å². The second-order valence-corrected chi connectivity index (χ2v) is 6.45. The van der Waals surface area contributed by atoms with E-state index in [0.29, 0.717) is 6.54 Å². The molecule has 0 saturated carbocycles. The number of amides is 2. The highest BCUT2D eigenvalue weighted by molar-refractivity contribution is 5.80. The first-order valence-corrected chi connectivity index (χ1v) is 9.07. The number of carbonyl (C=O) groups is 1. The summed E-state index contributed by atoms with van der Waals surface area (Å²) in [5, 5.41) is 7.34. The Morgan fingerprint density at radius 1 is 1.08 bits per heavy atom. The van der Waals surface area contributed by atoms with Gasteiger partial charge in [0.15, 0.2) is 0 Å². The Hall–Kier alpha value is -3.02. The average molecular weight is 349 g/mol. The molecule has 1 fully saturated rings. The van der Waals surface area contributed by atoms with Crippen molar-refractivity contribution in [1.29, 1.82) is 0 Å². The third kappa shape index (κ3) is 3.10. The van der Waals surface area contributed by atoms with Gasteiger partial charge in [0.05, 0.1) is 11.2 Å². The van der Waals surface area contributed by atoms with Crippen LogP contribution in [0.15, 0.2) is 54.9 Å². The van der Waals surface area contributed by atoms with Crippen LogP contribution >= 0.6 is 0 Å². The SMILES string of the molecule is CCNC(=O)N1CCN(c2ccnn3cc(-c4ccccc4)cc23)CC1. The summed E-state index contributed by atoms with van der Waals surface area (Å²) in [5.41, 5.74) is 4.60. The molecule has 3 heterocycles. The second-order valence-electron chi connectivity index (χ2n) is 6.45. The van der Waals surface area contributed by atoms with Crippen molar-refractivity contribution in [1.82, 2.24) is 19.8 Å². The number of hydrogen-bond acceptors (Lipinski definition) is 3. The Labute approximate surface area is 153 Å². The molecule has 0 atom stereocenters. The van der Waals surface area contributed by atoms with E-state index in [1.54, 1.807) is 0 Å². The van der Waals surface area contributed by atoms with Crippen LogP contribution < -0.4 is 10.2 Å². The van der Waals surface area contributed by atoms with Crippen LogP contribution in [0.25, 0.3) is 16.6 Å². The van der Waals surface area contributed by atoms with Crippen molar-refractivity contribution >= 4 is 17.2 Å². The van der Waals surface area contributed by atoms with Crippen molar-refractivity contribution in [3.05, 3.63) is 54.9 Å². The molecule has 134 valence electrons. The Balaban J connectivity index is 1.58. The molecular formula is C20H23N5O. The molecule has 4 rings (SSSR count). The lowest BCUT2D eigenvalue weighted by Gasteiger charge is -2.36. The van der Waals surface area contributed by atoms with Crippen LogP contribution in [0.1, 0.15) is 6.92 Å². The molecule has 0 bridgehead atoms. The number of aromatic nitrogens is 2. The Morgan fingerprint density at radius 3 is 2.58 bits per heavy atom. The maximum atomic E-state index is 12.0. The summed E-state index contributed by atoms with van der Waals surface area (Å²) >= 11 is 0. The van der Waals surface area contributed by atoms with Crippen molar-refractivity contribution in [3.8, 4) is 11.1 Å². The number of anilines is 1. The smallest absolute Gasteiger partial charge is 0.317 e. The molecular weight excluding hydrogens is 326 g/mol. The number of rotatable bonds is 3. The zero-order chi connectivity index (χ0) is 17.9. The molecule has 1 aliphatic heterocycles. The number of benzene rings is 1. The normalized spacial score (nSPS) is 14.7. The quantitative estimate of drug-likeness (QED) is 0.791. The molecule has 1 N–H and O–H groups in total. The summed E-state index contributed by atoms with van der Waals surface area (Å²) in [6, 6.07) is 14.6. The fraction of sp³-hybridized carbons (Fsp3) is 0.300. The molecule has 0 unspecified atom stereocenters. The van der Waals surface area contributed by atoms with E-state index in [1.807, 2.05) is 40.7 Å². The van der Waals surface area contributed by atoms with E-state index in [2.05, 4.69) is 45.8 Å². The third-order valence-corrected chi connectivity index (χ3v) is 4.83. The lowest BCUT2D eigenvalue weighted by atomic mass is 10.1. The molecule has 26 heavy (non-hydrogen) atoms. The van der Waals surface area contributed by atoms with Gasteiger partial charge in [-0.15, -0.1) is 0 Å². The number of carbonyl (C=O) groups excluding carboxylic acids is 1. The summed E-state index contributed by atoms with van der Waals surface area (Å²) in [4.78, 5) is 16.2. The van der Waals surface area contributed by atoms with E-state index in [-0.39, 0.29) is 6.03 Å². The topological polar surface area (TPSA) is 52.9 Å². The third-order valence-electron chi connectivity index (χ3n) is 4.83. The number of hydrogen-bond donors (Lipinski definition) is 1.